The van der Waals surface area contributed by atoms with E-state index < -0.39 is 31.0 Å². The molecule has 0 aliphatic carbocycles. The maximum Gasteiger partial charge on any atom is 0.183 e. The highest BCUT2D eigenvalue weighted by molar-refractivity contribution is 7.96. The second kappa shape index (κ2) is 8.73. The number of sulfone groups is 2. The van der Waals surface area contributed by atoms with Crippen LogP contribution in [-0.2, 0) is 19.7 Å². The third kappa shape index (κ3) is 5.00. The van der Waals surface area contributed by atoms with Crippen molar-refractivity contribution in [1.29, 1.82) is 0 Å². The second-order valence-electron chi connectivity index (χ2n) is 7.49. The molecule has 1 heterocycles. The van der Waals surface area contributed by atoms with E-state index in [1.807, 2.05) is 37.2 Å². The molecular formula is C20H25ClN2O4S2. The van der Waals surface area contributed by atoms with Crippen LogP contribution in [0.5, 0.6) is 0 Å². The Kier molecular flexibility index (Phi) is 6.70. The molecule has 1 saturated heterocycles. The van der Waals surface area contributed by atoms with Gasteiger partial charge in [-0.1, -0.05) is 48.0 Å². The summed E-state index contributed by atoms with van der Waals surface area (Å²) in [6.45, 7) is 0.373. The van der Waals surface area contributed by atoms with Gasteiger partial charge in [0.1, 0.15) is 0 Å². The van der Waals surface area contributed by atoms with Crippen molar-refractivity contribution < 1.29 is 16.8 Å². The topological polar surface area (TPSA) is 83.6 Å². The Morgan fingerprint density at radius 3 is 2.31 bits per heavy atom. The molecule has 9 heteroatoms. The van der Waals surface area contributed by atoms with Crippen LogP contribution in [0.4, 0.5) is 0 Å². The molecule has 0 radical (unpaired) electrons. The minimum absolute atomic E-state index is 0.132. The van der Waals surface area contributed by atoms with Crippen molar-refractivity contribution in [1.82, 2.24) is 10.2 Å². The smallest absolute Gasteiger partial charge is 0.183 e. The van der Waals surface area contributed by atoms with Crippen LogP contribution in [0.2, 0.25) is 5.02 Å². The summed E-state index contributed by atoms with van der Waals surface area (Å²) in [5.41, 5.74) is 0.898. The largest absolute Gasteiger partial charge is 0.310 e. The lowest BCUT2D eigenvalue weighted by Gasteiger charge is -2.28. The minimum atomic E-state index is -3.78. The van der Waals surface area contributed by atoms with Crippen LogP contribution in [0.25, 0.3) is 0 Å². The van der Waals surface area contributed by atoms with Gasteiger partial charge in [0, 0.05) is 23.7 Å². The molecule has 158 valence electrons. The Morgan fingerprint density at radius 1 is 1.07 bits per heavy atom. The summed E-state index contributed by atoms with van der Waals surface area (Å²) in [6.07, 6.45) is 0. The van der Waals surface area contributed by atoms with Gasteiger partial charge in [0.15, 0.2) is 19.7 Å². The number of nitrogens with one attached hydrogen (secondary N) is 1. The third-order valence-corrected chi connectivity index (χ3v) is 9.74. The van der Waals surface area contributed by atoms with Crippen molar-refractivity contribution in [3.05, 3.63) is 65.2 Å². The number of hydrogen-bond donors (Lipinski definition) is 1. The van der Waals surface area contributed by atoms with Crippen molar-refractivity contribution in [3.63, 3.8) is 0 Å². The molecular weight excluding hydrogens is 432 g/mol. The fourth-order valence-corrected chi connectivity index (χ4v) is 8.67. The standard InChI is InChI=1S/C20H25ClN2O4S2/c1-23(2)19(16-10-6-7-11-17(16)21)12-22-18-13-28(24,25)14-20(18)29(26,27)15-8-4-3-5-9-15/h3-11,18-20,22H,12-14H2,1-2H3/t18-,19?,20-/m0/s1. The zero-order valence-electron chi connectivity index (χ0n) is 16.3. The molecule has 0 amide bonds. The summed E-state index contributed by atoms with van der Waals surface area (Å²) >= 11 is 6.34. The Morgan fingerprint density at radius 2 is 1.69 bits per heavy atom. The van der Waals surface area contributed by atoms with Crippen LogP contribution < -0.4 is 5.32 Å². The van der Waals surface area contributed by atoms with E-state index >= 15 is 0 Å². The number of halogens is 1. The molecule has 1 aliphatic heterocycles. The van der Waals surface area contributed by atoms with Gasteiger partial charge in [0.25, 0.3) is 0 Å². The third-order valence-electron chi connectivity index (χ3n) is 5.23. The lowest BCUT2D eigenvalue weighted by Crippen LogP contribution is -2.46. The summed E-state index contributed by atoms with van der Waals surface area (Å²) in [7, 11) is -3.44. The molecule has 2 aromatic rings. The summed E-state index contributed by atoms with van der Waals surface area (Å²) < 4.78 is 50.8. The molecule has 1 N–H and O–H groups in total. The predicted molar refractivity (Wildman–Crippen MR) is 116 cm³/mol. The first-order valence-electron chi connectivity index (χ1n) is 9.25. The van der Waals surface area contributed by atoms with Crippen LogP contribution in [-0.4, -0.2) is 65.2 Å². The highest BCUT2D eigenvalue weighted by atomic mass is 35.5. The maximum absolute atomic E-state index is 13.1. The molecule has 29 heavy (non-hydrogen) atoms. The van der Waals surface area contributed by atoms with E-state index in [4.69, 9.17) is 11.6 Å². The monoisotopic (exact) mass is 456 g/mol. The summed E-state index contributed by atoms with van der Waals surface area (Å²) in [5.74, 6) is -0.576. The molecule has 0 saturated carbocycles. The Hall–Kier alpha value is -1.45. The van der Waals surface area contributed by atoms with E-state index in [0.29, 0.717) is 11.6 Å². The lowest BCUT2D eigenvalue weighted by molar-refractivity contribution is 0.282. The van der Waals surface area contributed by atoms with Crippen LogP contribution in [0, 0.1) is 0 Å². The number of rotatable bonds is 7. The van der Waals surface area contributed by atoms with Gasteiger partial charge in [0.05, 0.1) is 21.7 Å². The summed E-state index contributed by atoms with van der Waals surface area (Å²) in [6, 6.07) is 14.6. The van der Waals surface area contributed by atoms with Gasteiger partial charge < -0.3 is 10.2 Å². The molecule has 0 spiro atoms. The fourth-order valence-electron chi connectivity index (χ4n) is 3.68. The molecule has 0 aromatic heterocycles. The molecule has 6 nitrogen and oxygen atoms in total. The average Bonchev–Trinajstić information content (AvgIpc) is 2.99. The van der Waals surface area contributed by atoms with Gasteiger partial charge >= 0.3 is 0 Å². The van der Waals surface area contributed by atoms with Crippen LogP contribution in [0.15, 0.2) is 59.5 Å². The molecule has 1 aliphatic rings. The van der Waals surface area contributed by atoms with Gasteiger partial charge in [-0.15, -0.1) is 0 Å². The lowest BCUT2D eigenvalue weighted by atomic mass is 10.1. The van der Waals surface area contributed by atoms with E-state index in [9.17, 15) is 16.8 Å². The fraction of sp³-hybridized carbons (Fsp3) is 0.400. The zero-order valence-corrected chi connectivity index (χ0v) is 18.7. The van der Waals surface area contributed by atoms with Crippen molar-refractivity contribution >= 4 is 31.3 Å². The average molecular weight is 457 g/mol. The van der Waals surface area contributed by atoms with E-state index in [1.54, 1.807) is 24.3 Å². The van der Waals surface area contributed by atoms with Gasteiger partial charge in [-0.25, -0.2) is 16.8 Å². The van der Waals surface area contributed by atoms with E-state index in [-0.39, 0.29) is 22.4 Å². The van der Waals surface area contributed by atoms with Crippen LogP contribution >= 0.6 is 11.6 Å². The number of benzene rings is 2. The highest BCUT2D eigenvalue weighted by Gasteiger charge is 2.45. The van der Waals surface area contributed by atoms with E-state index in [1.165, 1.54) is 12.1 Å². The molecule has 3 rings (SSSR count). The van der Waals surface area contributed by atoms with Crippen molar-refractivity contribution in [3.8, 4) is 0 Å². The first-order valence-corrected chi connectivity index (χ1v) is 13.0. The van der Waals surface area contributed by atoms with E-state index in [0.717, 1.165) is 5.56 Å². The number of nitrogens with zero attached hydrogens (tertiary/aromatic N) is 1. The van der Waals surface area contributed by atoms with Crippen LogP contribution in [0.3, 0.4) is 0 Å². The Balaban J connectivity index is 1.85. The number of hydrogen-bond acceptors (Lipinski definition) is 6. The first kappa shape index (κ1) is 22.2. The zero-order chi connectivity index (χ0) is 21.2. The van der Waals surface area contributed by atoms with E-state index in [2.05, 4.69) is 5.32 Å². The van der Waals surface area contributed by atoms with Crippen LogP contribution in [0.1, 0.15) is 11.6 Å². The minimum Gasteiger partial charge on any atom is -0.310 e. The molecule has 0 bridgehead atoms. The molecule has 1 unspecified atom stereocenters. The molecule has 3 atom stereocenters. The normalized spacial score (nSPS) is 22.6. The van der Waals surface area contributed by atoms with Gasteiger partial charge in [-0.05, 0) is 37.9 Å². The van der Waals surface area contributed by atoms with Gasteiger partial charge in [-0.3, -0.25) is 0 Å². The number of likely N-dealkylation sites (N-methyl/N-ethyl adjacent to an activating group) is 1. The SMILES string of the molecule is CN(C)C(CN[C@H]1CS(=O)(=O)C[C@@H]1S(=O)(=O)c1ccccc1)c1ccccc1Cl. The van der Waals surface area contributed by atoms with Gasteiger partial charge in [-0.2, -0.15) is 0 Å². The quantitative estimate of drug-likeness (QED) is 0.687. The second-order valence-corrected chi connectivity index (χ2v) is 12.2. The molecule has 2 aromatic carbocycles. The molecule has 1 fully saturated rings. The summed E-state index contributed by atoms with van der Waals surface area (Å²) in [4.78, 5) is 2.11. The first-order chi connectivity index (χ1) is 13.6. The van der Waals surface area contributed by atoms with Gasteiger partial charge in [0.2, 0.25) is 0 Å². The Labute approximate surface area is 177 Å². The van der Waals surface area contributed by atoms with Crippen molar-refractivity contribution in [2.45, 2.75) is 22.2 Å². The van der Waals surface area contributed by atoms with Crippen molar-refractivity contribution in [2.75, 3.05) is 32.1 Å². The predicted octanol–water partition coefficient (Wildman–Crippen LogP) is 2.17. The highest BCUT2D eigenvalue weighted by Crippen LogP contribution is 2.28. The summed E-state index contributed by atoms with van der Waals surface area (Å²) in [5, 5.41) is 2.80. The van der Waals surface area contributed by atoms with Crippen molar-refractivity contribution in [2.24, 2.45) is 0 Å². The maximum atomic E-state index is 13.1. The Bertz CT molecular complexity index is 1060.